The maximum Gasteiger partial charge on any atom is 0.262 e. The number of methoxy groups -OCH3 is 1. The fraction of sp³-hybridized carbons (Fsp3) is 0.318. The summed E-state index contributed by atoms with van der Waals surface area (Å²) in [6.45, 7) is 4.53. The number of carbonyl (C=O) groups is 1. The van der Waals surface area contributed by atoms with Gasteiger partial charge in [-0.2, -0.15) is 0 Å². The summed E-state index contributed by atoms with van der Waals surface area (Å²) in [5.41, 5.74) is 1.22. The summed E-state index contributed by atoms with van der Waals surface area (Å²) in [7, 11) is 1.59. The summed E-state index contributed by atoms with van der Waals surface area (Å²) < 4.78 is 6.85. The number of rotatable bonds is 8. The van der Waals surface area contributed by atoms with E-state index in [9.17, 15) is 9.59 Å². The van der Waals surface area contributed by atoms with Gasteiger partial charge in [0.1, 0.15) is 5.75 Å². The van der Waals surface area contributed by atoms with E-state index in [2.05, 4.69) is 11.9 Å². The fourth-order valence-electron chi connectivity index (χ4n) is 2.95. The predicted octanol–water partition coefficient (Wildman–Crippen LogP) is 4.57. The van der Waals surface area contributed by atoms with Crippen molar-refractivity contribution in [1.29, 1.82) is 0 Å². The van der Waals surface area contributed by atoms with E-state index >= 15 is 0 Å². The Morgan fingerprint density at radius 2 is 1.89 bits per heavy atom. The van der Waals surface area contributed by atoms with Gasteiger partial charge in [0.05, 0.1) is 23.3 Å². The van der Waals surface area contributed by atoms with E-state index in [0.717, 1.165) is 12.8 Å². The van der Waals surface area contributed by atoms with Gasteiger partial charge < -0.3 is 4.74 Å². The van der Waals surface area contributed by atoms with Crippen molar-refractivity contribution in [2.24, 2.45) is 0 Å². The van der Waals surface area contributed by atoms with Crippen LogP contribution in [-0.4, -0.2) is 27.7 Å². The van der Waals surface area contributed by atoms with Gasteiger partial charge in [-0.15, -0.1) is 0 Å². The quantitative estimate of drug-likeness (QED) is 0.317. The molecule has 0 aliphatic rings. The summed E-state index contributed by atoms with van der Waals surface area (Å²) in [4.78, 5) is 30.5. The fourth-order valence-corrected chi connectivity index (χ4v) is 3.96. The van der Waals surface area contributed by atoms with Gasteiger partial charge in [-0.1, -0.05) is 37.2 Å². The summed E-state index contributed by atoms with van der Waals surface area (Å²) in [6, 6.07) is 14.4. The van der Waals surface area contributed by atoms with Crippen LogP contribution in [0, 0.1) is 0 Å². The minimum atomic E-state index is -0.366. The van der Waals surface area contributed by atoms with E-state index < -0.39 is 0 Å². The number of ether oxygens (including phenoxy) is 1. The molecule has 0 bridgehead atoms. The topological polar surface area (TPSA) is 61.2 Å². The SMILES string of the molecule is CCCCn1c(S[C@H](C)C(=O)c2ccc(OC)cc2)nc2ccccc2c1=O. The number of benzene rings is 2. The van der Waals surface area contributed by atoms with Crippen molar-refractivity contribution < 1.29 is 9.53 Å². The van der Waals surface area contributed by atoms with E-state index in [1.807, 2.05) is 25.1 Å². The van der Waals surface area contributed by atoms with E-state index in [4.69, 9.17) is 4.74 Å². The van der Waals surface area contributed by atoms with Crippen molar-refractivity contribution in [3.05, 3.63) is 64.4 Å². The van der Waals surface area contributed by atoms with E-state index in [0.29, 0.717) is 33.9 Å². The van der Waals surface area contributed by atoms with Crippen molar-refractivity contribution >= 4 is 28.4 Å². The predicted molar refractivity (Wildman–Crippen MR) is 114 cm³/mol. The van der Waals surface area contributed by atoms with Crippen LogP contribution in [0.2, 0.25) is 0 Å². The van der Waals surface area contributed by atoms with Gasteiger partial charge in [0.25, 0.3) is 5.56 Å². The largest absolute Gasteiger partial charge is 0.497 e. The molecule has 0 N–H and O–H groups in total. The van der Waals surface area contributed by atoms with Crippen molar-refractivity contribution in [3.63, 3.8) is 0 Å². The lowest BCUT2D eigenvalue weighted by Gasteiger charge is -2.16. The normalized spacial score (nSPS) is 12.1. The molecule has 2 aromatic carbocycles. The summed E-state index contributed by atoms with van der Waals surface area (Å²) in [6.07, 6.45) is 1.86. The van der Waals surface area contributed by atoms with Crippen molar-refractivity contribution in [1.82, 2.24) is 9.55 Å². The maximum absolute atomic E-state index is 13.0. The monoisotopic (exact) mass is 396 g/mol. The number of ketones is 1. The van der Waals surface area contributed by atoms with Gasteiger partial charge in [0, 0.05) is 12.1 Å². The highest BCUT2D eigenvalue weighted by Gasteiger charge is 2.20. The highest BCUT2D eigenvalue weighted by atomic mass is 32.2. The zero-order chi connectivity index (χ0) is 20.1. The van der Waals surface area contributed by atoms with E-state index in [1.165, 1.54) is 11.8 Å². The molecule has 6 heteroatoms. The van der Waals surface area contributed by atoms with Crippen molar-refractivity contribution in [2.45, 2.75) is 43.6 Å². The number of hydrogen-bond donors (Lipinski definition) is 0. The molecule has 3 rings (SSSR count). The van der Waals surface area contributed by atoms with Gasteiger partial charge in [0.2, 0.25) is 0 Å². The number of carbonyl (C=O) groups excluding carboxylic acids is 1. The van der Waals surface area contributed by atoms with Gasteiger partial charge >= 0.3 is 0 Å². The maximum atomic E-state index is 13.0. The van der Waals surface area contributed by atoms with Crippen LogP contribution in [0.5, 0.6) is 5.75 Å². The van der Waals surface area contributed by atoms with Crippen molar-refractivity contribution in [3.8, 4) is 5.75 Å². The van der Waals surface area contributed by atoms with Crippen LogP contribution in [0.3, 0.4) is 0 Å². The van der Waals surface area contributed by atoms with Crippen LogP contribution in [0.4, 0.5) is 0 Å². The average Bonchev–Trinajstić information content (AvgIpc) is 2.73. The Morgan fingerprint density at radius 3 is 2.57 bits per heavy atom. The number of Topliss-reactive ketones (excluding diaryl/α,β-unsaturated/α-hetero) is 1. The second kappa shape index (κ2) is 9.06. The molecule has 0 saturated carbocycles. The molecule has 0 spiro atoms. The molecule has 146 valence electrons. The molecule has 0 aliphatic heterocycles. The van der Waals surface area contributed by atoms with Gasteiger partial charge in [-0.25, -0.2) is 4.98 Å². The Balaban J connectivity index is 1.92. The first-order valence-corrected chi connectivity index (χ1v) is 10.3. The molecule has 0 aliphatic carbocycles. The molecule has 5 nitrogen and oxygen atoms in total. The Kier molecular flexibility index (Phi) is 6.52. The average molecular weight is 397 g/mol. The van der Waals surface area contributed by atoms with Crippen LogP contribution in [0.25, 0.3) is 10.9 Å². The van der Waals surface area contributed by atoms with Crippen molar-refractivity contribution in [2.75, 3.05) is 7.11 Å². The molecule has 3 aromatic rings. The van der Waals surface area contributed by atoms with Crippen LogP contribution in [0.15, 0.2) is 58.5 Å². The number of thioether (sulfide) groups is 1. The zero-order valence-electron chi connectivity index (χ0n) is 16.3. The second-order valence-corrected chi connectivity index (χ2v) is 7.88. The Bertz CT molecular complexity index is 1030. The molecule has 0 unspecified atom stereocenters. The standard InChI is InChI=1S/C22H24N2O3S/c1-4-5-14-24-21(26)18-8-6-7-9-19(18)23-22(24)28-15(2)20(25)16-10-12-17(27-3)13-11-16/h6-13,15H,4-5,14H2,1-3H3/t15-/m1/s1. The summed E-state index contributed by atoms with van der Waals surface area (Å²) >= 11 is 1.33. The highest BCUT2D eigenvalue weighted by molar-refractivity contribution is 8.00. The minimum absolute atomic E-state index is 0.00268. The molecule has 28 heavy (non-hydrogen) atoms. The minimum Gasteiger partial charge on any atom is -0.497 e. The molecule has 0 radical (unpaired) electrons. The van der Waals surface area contributed by atoms with Crippen LogP contribution >= 0.6 is 11.8 Å². The number of unbranched alkanes of at least 4 members (excludes halogenated alkanes) is 1. The lowest BCUT2D eigenvalue weighted by Crippen LogP contribution is -2.25. The van der Waals surface area contributed by atoms with E-state index in [1.54, 1.807) is 42.0 Å². The number of aromatic nitrogens is 2. The molecule has 0 saturated heterocycles. The summed E-state index contributed by atoms with van der Waals surface area (Å²) in [5, 5.41) is 0.831. The first kappa shape index (κ1) is 20.1. The molecule has 1 heterocycles. The third-order valence-corrected chi connectivity index (χ3v) is 5.68. The number of nitrogens with zero attached hydrogens (tertiary/aromatic N) is 2. The van der Waals surface area contributed by atoms with Gasteiger partial charge in [0.15, 0.2) is 10.9 Å². The zero-order valence-corrected chi connectivity index (χ0v) is 17.2. The Hall–Kier alpha value is -2.60. The number of fused-ring (bicyclic) bond motifs is 1. The first-order valence-electron chi connectivity index (χ1n) is 9.39. The number of para-hydroxylation sites is 1. The van der Waals surface area contributed by atoms with Crippen LogP contribution in [-0.2, 0) is 6.54 Å². The van der Waals surface area contributed by atoms with Crippen LogP contribution in [0.1, 0.15) is 37.0 Å². The second-order valence-electron chi connectivity index (χ2n) is 6.57. The van der Waals surface area contributed by atoms with Gasteiger partial charge in [-0.05, 0) is 49.7 Å². The number of hydrogen-bond acceptors (Lipinski definition) is 5. The lowest BCUT2D eigenvalue weighted by atomic mass is 10.1. The molecule has 1 atom stereocenters. The lowest BCUT2D eigenvalue weighted by molar-refractivity contribution is 0.0994. The highest BCUT2D eigenvalue weighted by Crippen LogP contribution is 2.26. The molecule has 0 amide bonds. The smallest absolute Gasteiger partial charge is 0.262 e. The van der Waals surface area contributed by atoms with E-state index in [-0.39, 0.29) is 16.6 Å². The van der Waals surface area contributed by atoms with Gasteiger partial charge in [-0.3, -0.25) is 14.2 Å². The van der Waals surface area contributed by atoms with Crippen LogP contribution < -0.4 is 10.3 Å². The molecular weight excluding hydrogens is 372 g/mol. The third kappa shape index (κ3) is 4.28. The molecule has 0 fully saturated rings. The molecule has 1 aromatic heterocycles. The first-order chi connectivity index (χ1) is 13.5. The summed E-state index contributed by atoms with van der Waals surface area (Å²) in [5.74, 6) is 0.707. The Morgan fingerprint density at radius 1 is 1.18 bits per heavy atom. The molecular formula is C22H24N2O3S. The third-order valence-electron chi connectivity index (χ3n) is 4.59. The Labute approximate surface area is 168 Å².